The van der Waals surface area contributed by atoms with Crippen molar-refractivity contribution in [1.82, 2.24) is 9.47 Å². The predicted octanol–water partition coefficient (Wildman–Crippen LogP) is 3.91. The van der Waals surface area contributed by atoms with E-state index in [1.165, 1.54) is 11.3 Å². The lowest BCUT2D eigenvalue weighted by Gasteiger charge is -2.30. The van der Waals surface area contributed by atoms with Gasteiger partial charge in [0.15, 0.2) is 4.80 Å². The first kappa shape index (κ1) is 28.2. The van der Waals surface area contributed by atoms with E-state index in [4.69, 9.17) is 19.2 Å². The average Bonchev–Trinajstić information content (AvgIpc) is 3.22. The molecule has 3 aromatic rings. The molecule has 8 nitrogen and oxygen atoms in total. The van der Waals surface area contributed by atoms with Gasteiger partial charge in [0.1, 0.15) is 23.3 Å². The fourth-order valence-corrected chi connectivity index (χ4v) is 5.74. The second-order valence-electron chi connectivity index (χ2n) is 9.40. The summed E-state index contributed by atoms with van der Waals surface area (Å²) in [4.78, 5) is 34.8. The summed E-state index contributed by atoms with van der Waals surface area (Å²) in [6, 6.07) is 12.3. The first-order chi connectivity index (χ1) is 18.7. The summed E-state index contributed by atoms with van der Waals surface area (Å²) in [5.74, 6) is 1.76. The number of allylic oxidation sites excluding steroid dienone is 1. The molecule has 0 N–H and O–H groups in total. The van der Waals surface area contributed by atoms with Gasteiger partial charge >= 0.3 is 0 Å². The number of hydrogen-bond acceptors (Lipinski definition) is 7. The van der Waals surface area contributed by atoms with Crippen molar-refractivity contribution in [1.29, 1.82) is 0 Å². The first-order valence-corrected chi connectivity index (χ1v) is 13.8. The Bertz CT molecular complexity index is 1560. The van der Waals surface area contributed by atoms with E-state index in [1.54, 1.807) is 35.8 Å². The van der Waals surface area contributed by atoms with Gasteiger partial charge < -0.3 is 19.1 Å². The molecule has 0 unspecified atom stereocenters. The number of nitrogens with zero attached hydrogens (tertiary/aromatic N) is 3. The molecule has 0 radical (unpaired) electrons. The third-order valence-corrected chi connectivity index (χ3v) is 7.57. The Kier molecular flexibility index (Phi) is 8.60. The van der Waals surface area contributed by atoms with Crippen LogP contribution in [0.25, 0.3) is 6.08 Å². The quantitative estimate of drug-likeness (QED) is 0.404. The van der Waals surface area contributed by atoms with E-state index in [1.807, 2.05) is 71.0 Å². The van der Waals surface area contributed by atoms with Crippen LogP contribution in [-0.4, -0.2) is 48.8 Å². The molecule has 0 bridgehead atoms. The summed E-state index contributed by atoms with van der Waals surface area (Å²) in [6.45, 7) is 10.7. The molecule has 1 aromatic heterocycles. The fourth-order valence-electron chi connectivity index (χ4n) is 4.69. The molecule has 0 saturated carbocycles. The minimum absolute atomic E-state index is 0.0737. The maximum Gasteiger partial charge on any atom is 0.271 e. The molecule has 1 aliphatic rings. The molecule has 1 atom stereocenters. The highest BCUT2D eigenvalue weighted by atomic mass is 32.1. The highest BCUT2D eigenvalue weighted by molar-refractivity contribution is 7.07. The Morgan fingerprint density at radius 2 is 1.74 bits per heavy atom. The molecule has 1 aliphatic heterocycles. The topological polar surface area (TPSA) is 82.4 Å². The van der Waals surface area contributed by atoms with Crippen LogP contribution in [-0.2, 0) is 4.79 Å². The van der Waals surface area contributed by atoms with Crippen LogP contribution in [0.4, 0.5) is 0 Å². The van der Waals surface area contributed by atoms with Crippen molar-refractivity contribution in [3.05, 3.63) is 84.5 Å². The molecule has 9 heteroatoms. The lowest BCUT2D eigenvalue weighted by molar-refractivity contribution is -0.127. The highest BCUT2D eigenvalue weighted by Crippen LogP contribution is 2.38. The fraction of sp³-hybridized carbons (Fsp3) is 0.367. The molecule has 4 rings (SSSR count). The van der Waals surface area contributed by atoms with Crippen molar-refractivity contribution in [2.45, 2.75) is 46.8 Å². The zero-order valence-corrected chi connectivity index (χ0v) is 24.3. The van der Waals surface area contributed by atoms with E-state index in [0.717, 1.165) is 11.3 Å². The molecule has 1 amide bonds. The third kappa shape index (κ3) is 5.63. The molecule has 0 fully saturated rings. The van der Waals surface area contributed by atoms with Crippen molar-refractivity contribution in [2.24, 2.45) is 4.99 Å². The maximum absolute atomic E-state index is 14.0. The molecule has 39 heavy (non-hydrogen) atoms. The van der Waals surface area contributed by atoms with Crippen LogP contribution in [0.3, 0.4) is 0 Å². The summed E-state index contributed by atoms with van der Waals surface area (Å²) < 4.78 is 19.1. The van der Waals surface area contributed by atoms with Crippen molar-refractivity contribution in [3.8, 4) is 17.2 Å². The highest BCUT2D eigenvalue weighted by Gasteiger charge is 2.36. The van der Waals surface area contributed by atoms with Gasteiger partial charge in [-0.2, -0.15) is 0 Å². The Morgan fingerprint density at radius 3 is 2.33 bits per heavy atom. The second-order valence-corrected chi connectivity index (χ2v) is 10.4. The molecule has 0 saturated heterocycles. The largest absolute Gasteiger partial charge is 0.497 e. The molecule has 2 aromatic carbocycles. The minimum atomic E-state index is -0.733. The van der Waals surface area contributed by atoms with E-state index in [0.29, 0.717) is 50.8 Å². The van der Waals surface area contributed by atoms with Crippen LogP contribution in [0, 0.1) is 0 Å². The second kappa shape index (κ2) is 11.9. The van der Waals surface area contributed by atoms with Crippen molar-refractivity contribution >= 4 is 23.3 Å². The summed E-state index contributed by atoms with van der Waals surface area (Å²) in [6.07, 6.45) is 1.92. The number of methoxy groups -OCH3 is 2. The number of aromatic nitrogens is 1. The van der Waals surface area contributed by atoms with Gasteiger partial charge in [-0.15, -0.1) is 0 Å². The summed E-state index contributed by atoms with van der Waals surface area (Å²) in [7, 11) is 3.15. The van der Waals surface area contributed by atoms with Crippen molar-refractivity contribution < 1.29 is 19.0 Å². The lowest BCUT2D eigenvalue weighted by atomic mass is 9.93. The number of likely N-dealkylation sites (N-methyl/N-ethyl adjacent to an activating group) is 1. The lowest BCUT2D eigenvalue weighted by Crippen LogP contribution is -2.43. The number of carbonyl (C=O) groups is 1. The number of carbonyl (C=O) groups excluding carboxylic acids is 1. The van der Waals surface area contributed by atoms with Crippen LogP contribution < -0.4 is 29.1 Å². The normalized spacial score (nSPS) is 15.2. The number of ether oxygens (including phenoxy) is 3. The smallest absolute Gasteiger partial charge is 0.271 e. The zero-order chi connectivity index (χ0) is 28.3. The van der Waals surface area contributed by atoms with Gasteiger partial charge in [-0.3, -0.25) is 14.2 Å². The molecule has 0 aliphatic carbocycles. The maximum atomic E-state index is 14.0. The van der Waals surface area contributed by atoms with Gasteiger partial charge in [0.25, 0.3) is 11.5 Å². The number of benzene rings is 2. The zero-order valence-electron chi connectivity index (χ0n) is 23.5. The number of fused-ring (bicyclic) bond motifs is 1. The number of hydrogen-bond donors (Lipinski definition) is 0. The van der Waals surface area contributed by atoms with Crippen molar-refractivity contribution in [2.75, 3.05) is 27.3 Å². The van der Waals surface area contributed by atoms with Gasteiger partial charge in [-0.05, 0) is 76.6 Å². The number of thiazole rings is 1. The van der Waals surface area contributed by atoms with E-state index in [2.05, 4.69) is 0 Å². The van der Waals surface area contributed by atoms with Crippen LogP contribution in [0.2, 0.25) is 0 Å². The number of amides is 1. The molecular formula is C30H35N3O5S. The van der Waals surface area contributed by atoms with E-state index in [9.17, 15) is 9.59 Å². The van der Waals surface area contributed by atoms with Gasteiger partial charge in [0, 0.05) is 18.7 Å². The van der Waals surface area contributed by atoms with Crippen LogP contribution in [0.15, 0.2) is 63.5 Å². The molecule has 2 heterocycles. The summed E-state index contributed by atoms with van der Waals surface area (Å²) >= 11 is 1.30. The van der Waals surface area contributed by atoms with E-state index >= 15 is 0 Å². The van der Waals surface area contributed by atoms with Gasteiger partial charge in [-0.1, -0.05) is 23.5 Å². The third-order valence-electron chi connectivity index (χ3n) is 6.58. The van der Waals surface area contributed by atoms with Crippen molar-refractivity contribution in [3.63, 3.8) is 0 Å². The Hall–Kier alpha value is -3.85. The van der Waals surface area contributed by atoms with E-state index < -0.39 is 6.04 Å². The Labute approximate surface area is 232 Å². The monoisotopic (exact) mass is 549 g/mol. The Morgan fingerprint density at radius 1 is 1.08 bits per heavy atom. The molecule has 206 valence electrons. The van der Waals surface area contributed by atoms with Crippen LogP contribution in [0.5, 0.6) is 17.2 Å². The molecular weight excluding hydrogens is 514 g/mol. The van der Waals surface area contributed by atoms with Gasteiger partial charge in [-0.25, -0.2) is 4.99 Å². The first-order valence-electron chi connectivity index (χ1n) is 13.0. The number of rotatable bonds is 9. The standard InChI is InChI=1S/C30H35N3O5S/c1-8-32(9-2)29(35)26-19(5)31-30-33(27(26)23-17-22(36-6)14-15-24(23)37-7)28(34)25(39-30)16-20-10-12-21(13-11-20)38-18(3)4/h10-18,27H,8-9H2,1-7H3/b25-16+/t27-/m0/s1. The average molecular weight is 550 g/mol. The summed E-state index contributed by atoms with van der Waals surface area (Å²) in [5, 5.41) is 0. The minimum Gasteiger partial charge on any atom is -0.497 e. The Balaban J connectivity index is 1.94. The summed E-state index contributed by atoms with van der Waals surface area (Å²) in [5.41, 5.74) is 2.31. The molecule has 0 spiro atoms. The predicted molar refractivity (Wildman–Crippen MR) is 153 cm³/mol. The van der Waals surface area contributed by atoms with Gasteiger partial charge in [0.05, 0.1) is 36.1 Å². The van der Waals surface area contributed by atoms with E-state index in [-0.39, 0.29) is 17.6 Å². The van der Waals surface area contributed by atoms with Gasteiger partial charge in [0.2, 0.25) is 0 Å². The van der Waals surface area contributed by atoms with Crippen LogP contribution in [0.1, 0.15) is 51.8 Å². The van der Waals surface area contributed by atoms with Crippen LogP contribution >= 0.6 is 11.3 Å². The SMILES string of the molecule is CCN(CC)C(=O)C1=C(C)N=c2s/c(=C/c3ccc(OC(C)C)cc3)c(=O)n2[C@H]1c1cc(OC)ccc1OC.